The van der Waals surface area contributed by atoms with Crippen molar-refractivity contribution in [3.63, 3.8) is 0 Å². The summed E-state index contributed by atoms with van der Waals surface area (Å²) in [4.78, 5) is 29.8. The summed E-state index contributed by atoms with van der Waals surface area (Å²) in [5.41, 5.74) is 2.84. The van der Waals surface area contributed by atoms with Crippen molar-refractivity contribution in [2.75, 3.05) is 13.1 Å². The number of carbonyl (C=O) groups excluding carboxylic acids is 2. The summed E-state index contributed by atoms with van der Waals surface area (Å²) in [6, 6.07) is 13.6. The van der Waals surface area contributed by atoms with E-state index >= 15 is 0 Å². The number of rotatable bonds is 3. The molecule has 2 heterocycles. The third-order valence-electron chi connectivity index (χ3n) is 3.85. The van der Waals surface area contributed by atoms with Gasteiger partial charge in [-0.25, -0.2) is 0 Å². The van der Waals surface area contributed by atoms with Crippen molar-refractivity contribution in [1.82, 2.24) is 9.88 Å². The van der Waals surface area contributed by atoms with E-state index in [1.807, 2.05) is 42.5 Å². The van der Waals surface area contributed by atoms with Crippen molar-refractivity contribution in [2.45, 2.75) is 19.3 Å². The molecule has 0 N–H and O–H groups in total. The second kappa shape index (κ2) is 6.52. The second-order valence-corrected chi connectivity index (χ2v) is 5.55. The van der Waals surface area contributed by atoms with E-state index in [1.165, 1.54) is 0 Å². The number of hydrogen-bond acceptors (Lipinski definition) is 3. The van der Waals surface area contributed by atoms with Crippen molar-refractivity contribution in [3.05, 3.63) is 54.2 Å². The molecule has 112 valence electrons. The number of hydrogen-bond donors (Lipinski definition) is 0. The maximum absolute atomic E-state index is 12.3. The van der Waals surface area contributed by atoms with Crippen molar-refractivity contribution in [1.29, 1.82) is 0 Å². The Labute approximate surface area is 129 Å². The van der Waals surface area contributed by atoms with Crippen LogP contribution >= 0.6 is 0 Å². The van der Waals surface area contributed by atoms with Crippen LogP contribution in [-0.2, 0) is 16.0 Å². The fraction of sp³-hybridized carbons (Fsp3) is 0.278. The highest BCUT2D eigenvalue weighted by Crippen LogP contribution is 2.18. The number of likely N-dealkylation sites (tertiary alicyclic amines) is 1. The summed E-state index contributed by atoms with van der Waals surface area (Å²) in [6.07, 6.45) is 3.46. The highest BCUT2D eigenvalue weighted by atomic mass is 16.2. The lowest BCUT2D eigenvalue weighted by Crippen LogP contribution is -2.40. The molecule has 1 aliphatic rings. The molecule has 1 aromatic carbocycles. The number of amides is 1. The van der Waals surface area contributed by atoms with Gasteiger partial charge in [0.05, 0.1) is 18.7 Å². The summed E-state index contributed by atoms with van der Waals surface area (Å²) in [6.45, 7) is 0.948. The lowest BCUT2D eigenvalue weighted by atomic mass is 10.0. The molecule has 4 heteroatoms. The first-order chi connectivity index (χ1) is 10.7. The van der Waals surface area contributed by atoms with Gasteiger partial charge in [-0.3, -0.25) is 14.6 Å². The Kier molecular flexibility index (Phi) is 4.28. The molecule has 3 rings (SSSR count). The topological polar surface area (TPSA) is 50.3 Å². The van der Waals surface area contributed by atoms with Gasteiger partial charge in [-0.15, -0.1) is 0 Å². The summed E-state index contributed by atoms with van der Waals surface area (Å²) < 4.78 is 0. The minimum Gasteiger partial charge on any atom is -0.335 e. The SMILES string of the molecule is O=C1CCCN(C(=O)Cc2cccc(-c3ccccn3)c2)C1. The molecule has 0 saturated carbocycles. The highest BCUT2D eigenvalue weighted by molar-refractivity contribution is 5.88. The maximum Gasteiger partial charge on any atom is 0.227 e. The Bertz CT molecular complexity index is 682. The molecule has 0 atom stereocenters. The molecule has 0 bridgehead atoms. The van der Waals surface area contributed by atoms with Crippen molar-refractivity contribution in [3.8, 4) is 11.3 Å². The van der Waals surface area contributed by atoms with Gasteiger partial charge in [-0.2, -0.15) is 0 Å². The number of piperidine rings is 1. The number of carbonyl (C=O) groups is 2. The van der Waals surface area contributed by atoms with Crippen molar-refractivity contribution >= 4 is 11.7 Å². The molecular weight excluding hydrogens is 276 g/mol. The minimum absolute atomic E-state index is 0.0196. The van der Waals surface area contributed by atoms with Crippen molar-refractivity contribution in [2.24, 2.45) is 0 Å². The van der Waals surface area contributed by atoms with Crippen LogP contribution < -0.4 is 0 Å². The Morgan fingerprint density at radius 2 is 2.09 bits per heavy atom. The Balaban J connectivity index is 1.73. The second-order valence-electron chi connectivity index (χ2n) is 5.55. The van der Waals surface area contributed by atoms with Gasteiger partial charge in [0.15, 0.2) is 5.78 Å². The summed E-state index contributed by atoms with van der Waals surface area (Å²) in [5.74, 6) is 0.174. The van der Waals surface area contributed by atoms with E-state index in [-0.39, 0.29) is 18.2 Å². The fourth-order valence-corrected chi connectivity index (χ4v) is 2.71. The number of nitrogens with zero attached hydrogens (tertiary/aromatic N) is 2. The average Bonchev–Trinajstić information content (AvgIpc) is 2.56. The molecule has 0 aliphatic carbocycles. The van der Waals surface area contributed by atoms with Gasteiger partial charge < -0.3 is 4.90 Å². The number of pyridine rings is 1. The van der Waals surface area contributed by atoms with Crippen LogP contribution in [0, 0.1) is 0 Å². The molecule has 22 heavy (non-hydrogen) atoms. The first-order valence-electron chi connectivity index (χ1n) is 7.52. The van der Waals surface area contributed by atoms with Gasteiger partial charge in [-0.1, -0.05) is 24.3 Å². The third kappa shape index (κ3) is 3.39. The van der Waals surface area contributed by atoms with Crippen LogP contribution in [0.15, 0.2) is 48.7 Å². The van der Waals surface area contributed by atoms with Gasteiger partial charge in [0.1, 0.15) is 0 Å². The van der Waals surface area contributed by atoms with Crippen LogP contribution in [0.2, 0.25) is 0 Å². The Hall–Kier alpha value is -2.49. The first kappa shape index (κ1) is 14.4. The van der Waals surface area contributed by atoms with E-state index in [4.69, 9.17) is 0 Å². The van der Waals surface area contributed by atoms with E-state index in [9.17, 15) is 9.59 Å². The molecule has 0 unspecified atom stereocenters. The quantitative estimate of drug-likeness (QED) is 0.874. The van der Waals surface area contributed by atoms with E-state index < -0.39 is 0 Å². The zero-order chi connectivity index (χ0) is 15.4. The maximum atomic E-state index is 12.3. The zero-order valence-corrected chi connectivity index (χ0v) is 12.4. The van der Waals surface area contributed by atoms with E-state index in [1.54, 1.807) is 11.1 Å². The number of aromatic nitrogens is 1. The van der Waals surface area contributed by atoms with Crippen molar-refractivity contribution < 1.29 is 9.59 Å². The lowest BCUT2D eigenvalue weighted by Gasteiger charge is -2.25. The number of ketones is 1. The van der Waals surface area contributed by atoms with Crippen LogP contribution in [0.25, 0.3) is 11.3 Å². The molecule has 1 amide bonds. The van der Waals surface area contributed by atoms with Gasteiger partial charge in [-0.05, 0) is 30.2 Å². The molecule has 0 radical (unpaired) electrons. The highest BCUT2D eigenvalue weighted by Gasteiger charge is 2.21. The summed E-state index contributed by atoms with van der Waals surface area (Å²) in [7, 11) is 0. The molecule has 1 fully saturated rings. The lowest BCUT2D eigenvalue weighted by molar-refractivity contribution is -0.137. The number of benzene rings is 1. The predicted octanol–water partition coefficient (Wildman–Crippen LogP) is 2.48. The first-order valence-corrected chi connectivity index (χ1v) is 7.52. The van der Waals surface area contributed by atoms with E-state index in [0.717, 1.165) is 23.2 Å². The summed E-state index contributed by atoms with van der Waals surface area (Å²) >= 11 is 0. The Morgan fingerprint density at radius 3 is 2.86 bits per heavy atom. The van der Waals surface area contributed by atoms with Gasteiger partial charge in [0.2, 0.25) is 5.91 Å². The third-order valence-corrected chi connectivity index (χ3v) is 3.85. The summed E-state index contributed by atoms with van der Waals surface area (Å²) in [5, 5.41) is 0. The monoisotopic (exact) mass is 294 g/mol. The largest absolute Gasteiger partial charge is 0.335 e. The molecule has 1 aliphatic heterocycles. The molecular formula is C18H18N2O2. The minimum atomic E-state index is 0.0196. The zero-order valence-electron chi connectivity index (χ0n) is 12.4. The molecule has 1 saturated heterocycles. The fourth-order valence-electron chi connectivity index (χ4n) is 2.71. The van der Waals surface area contributed by atoms with E-state index in [0.29, 0.717) is 19.4 Å². The van der Waals surface area contributed by atoms with Gasteiger partial charge in [0, 0.05) is 24.7 Å². The van der Waals surface area contributed by atoms with E-state index in [2.05, 4.69) is 4.98 Å². The van der Waals surface area contributed by atoms with Crippen LogP contribution in [-0.4, -0.2) is 34.7 Å². The smallest absolute Gasteiger partial charge is 0.227 e. The predicted molar refractivity (Wildman–Crippen MR) is 84.2 cm³/mol. The molecule has 2 aromatic rings. The average molecular weight is 294 g/mol. The van der Waals surface area contributed by atoms with Crippen LogP contribution in [0.1, 0.15) is 18.4 Å². The normalized spacial score (nSPS) is 14.9. The molecule has 0 spiro atoms. The van der Waals surface area contributed by atoms with Gasteiger partial charge >= 0.3 is 0 Å². The number of Topliss-reactive ketones (excluding diaryl/α,β-unsaturated/α-hetero) is 1. The standard InChI is InChI=1S/C18H18N2O2/c21-16-7-4-10-20(13-16)18(22)12-14-5-3-6-15(11-14)17-8-1-2-9-19-17/h1-3,5-6,8-9,11H,4,7,10,12-13H2. The molecule has 1 aromatic heterocycles. The van der Waals surface area contributed by atoms with Crippen LogP contribution in [0.3, 0.4) is 0 Å². The molecule has 4 nitrogen and oxygen atoms in total. The van der Waals surface area contributed by atoms with Gasteiger partial charge in [0.25, 0.3) is 0 Å². The van der Waals surface area contributed by atoms with Crippen LogP contribution in [0.4, 0.5) is 0 Å². The van der Waals surface area contributed by atoms with Crippen LogP contribution in [0.5, 0.6) is 0 Å². The Morgan fingerprint density at radius 1 is 1.18 bits per heavy atom.